The van der Waals surface area contributed by atoms with Crippen LogP contribution in [0.15, 0.2) is 27.5 Å². The molecule has 0 saturated carbocycles. The summed E-state index contributed by atoms with van der Waals surface area (Å²) in [6, 6.07) is 3.39. The Kier molecular flexibility index (Phi) is 7.21. The van der Waals surface area contributed by atoms with Gasteiger partial charge in [0.15, 0.2) is 11.2 Å². The maximum absolute atomic E-state index is 10.7. The standard InChI is InChI=1S/C9H19NO.C6H4N2O2/c1-3-5-6-7-8(4-2)9(10)11;9-6-8-5-4(10-6)2-1-3-7-5/h8H,3-7H2,1-2H3,(H2,10,11);1-3H,(H,7,8,9). The van der Waals surface area contributed by atoms with Crippen LogP contribution in [0.4, 0.5) is 0 Å². The van der Waals surface area contributed by atoms with Crippen molar-refractivity contribution in [3.8, 4) is 0 Å². The number of unbranched alkanes of at least 4 members (excludes halogenated alkanes) is 2. The van der Waals surface area contributed by atoms with Gasteiger partial charge < -0.3 is 10.2 Å². The maximum atomic E-state index is 10.7. The van der Waals surface area contributed by atoms with Crippen LogP contribution in [-0.4, -0.2) is 15.9 Å². The molecule has 0 fully saturated rings. The fourth-order valence-corrected chi connectivity index (χ4v) is 1.98. The van der Waals surface area contributed by atoms with E-state index in [0.717, 1.165) is 19.3 Å². The molecule has 2 rings (SSSR count). The lowest BCUT2D eigenvalue weighted by atomic mass is 9.98. The fourth-order valence-electron chi connectivity index (χ4n) is 1.98. The van der Waals surface area contributed by atoms with Gasteiger partial charge in [-0.15, -0.1) is 0 Å². The molecule has 0 spiro atoms. The summed E-state index contributed by atoms with van der Waals surface area (Å²) in [4.78, 5) is 27.6. The number of H-pyrrole nitrogens is 1. The van der Waals surface area contributed by atoms with Crippen molar-refractivity contribution < 1.29 is 9.21 Å². The summed E-state index contributed by atoms with van der Waals surface area (Å²) in [7, 11) is 0. The Hall–Kier alpha value is -2.11. The zero-order valence-corrected chi connectivity index (χ0v) is 12.6. The van der Waals surface area contributed by atoms with E-state index in [1.807, 2.05) is 6.92 Å². The van der Waals surface area contributed by atoms with Crippen molar-refractivity contribution in [1.29, 1.82) is 0 Å². The first kappa shape index (κ1) is 16.9. The highest BCUT2D eigenvalue weighted by atomic mass is 16.4. The van der Waals surface area contributed by atoms with E-state index >= 15 is 0 Å². The molecule has 0 aliphatic heterocycles. The summed E-state index contributed by atoms with van der Waals surface area (Å²) in [6.07, 6.45) is 7.00. The van der Waals surface area contributed by atoms with Crippen LogP contribution in [0.2, 0.25) is 0 Å². The number of hydrogen-bond donors (Lipinski definition) is 2. The molecule has 1 amide bonds. The Morgan fingerprint density at radius 2 is 2.19 bits per heavy atom. The first-order valence-electron chi connectivity index (χ1n) is 7.31. The zero-order chi connectivity index (χ0) is 15.7. The molecule has 6 heteroatoms. The average Bonchev–Trinajstić information content (AvgIpc) is 2.84. The van der Waals surface area contributed by atoms with E-state index in [0.29, 0.717) is 11.2 Å². The first-order valence-corrected chi connectivity index (χ1v) is 7.31. The largest absolute Gasteiger partial charge is 0.418 e. The molecule has 21 heavy (non-hydrogen) atoms. The quantitative estimate of drug-likeness (QED) is 0.799. The van der Waals surface area contributed by atoms with Crippen molar-refractivity contribution in [2.24, 2.45) is 11.7 Å². The van der Waals surface area contributed by atoms with Crippen molar-refractivity contribution in [3.05, 3.63) is 28.9 Å². The Morgan fingerprint density at radius 1 is 1.43 bits per heavy atom. The van der Waals surface area contributed by atoms with E-state index < -0.39 is 5.76 Å². The molecule has 6 nitrogen and oxygen atoms in total. The third kappa shape index (κ3) is 5.81. The number of hydrogen-bond acceptors (Lipinski definition) is 4. The highest BCUT2D eigenvalue weighted by Crippen LogP contribution is 2.12. The Labute approximate surface area is 123 Å². The number of pyridine rings is 1. The molecular formula is C15H23N3O3. The highest BCUT2D eigenvalue weighted by Gasteiger charge is 2.10. The van der Waals surface area contributed by atoms with Crippen LogP contribution in [0.5, 0.6) is 0 Å². The number of nitrogens with two attached hydrogens (primary N) is 1. The molecule has 0 bridgehead atoms. The number of carbonyl (C=O) groups excluding carboxylic acids is 1. The van der Waals surface area contributed by atoms with Crippen LogP contribution in [0.25, 0.3) is 11.2 Å². The van der Waals surface area contributed by atoms with Gasteiger partial charge in [0, 0.05) is 12.1 Å². The van der Waals surface area contributed by atoms with Crippen LogP contribution in [-0.2, 0) is 4.79 Å². The average molecular weight is 293 g/mol. The molecule has 116 valence electrons. The van der Waals surface area contributed by atoms with Gasteiger partial charge in [0.05, 0.1) is 0 Å². The lowest BCUT2D eigenvalue weighted by Gasteiger charge is -2.08. The molecule has 0 radical (unpaired) electrons. The smallest absolute Gasteiger partial charge is 0.406 e. The monoisotopic (exact) mass is 293 g/mol. The summed E-state index contributed by atoms with van der Waals surface area (Å²) in [6.45, 7) is 4.17. The summed E-state index contributed by atoms with van der Waals surface area (Å²) >= 11 is 0. The number of nitrogens with zero attached hydrogens (tertiary/aromatic N) is 1. The lowest BCUT2D eigenvalue weighted by Crippen LogP contribution is -2.22. The van der Waals surface area contributed by atoms with Gasteiger partial charge in [0.2, 0.25) is 5.91 Å². The van der Waals surface area contributed by atoms with Crippen LogP contribution < -0.4 is 11.5 Å². The van der Waals surface area contributed by atoms with Crippen molar-refractivity contribution in [2.45, 2.75) is 46.0 Å². The van der Waals surface area contributed by atoms with Gasteiger partial charge in [-0.3, -0.25) is 9.78 Å². The number of rotatable bonds is 6. The SMILES string of the molecule is CCCCCC(CC)C(N)=O.O=c1[nH]c2ncccc2o1. The number of carbonyl (C=O) groups is 1. The van der Waals surface area contributed by atoms with E-state index in [-0.39, 0.29) is 11.8 Å². The van der Waals surface area contributed by atoms with Gasteiger partial charge in [0.25, 0.3) is 0 Å². The van der Waals surface area contributed by atoms with Gasteiger partial charge in [-0.2, -0.15) is 0 Å². The second-order valence-electron chi connectivity index (χ2n) is 4.87. The highest BCUT2D eigenvalue weighted by molar-refractivity contribution is 5.76. The minimum absolute atomic E-state index is 0.113. The normalized spacial score (nSPS) is 11.7. The third-order valence-electron chi connectivity index (χ3n) is 3.25. The first-order chi connectivity index (χ1) is 10.1. The topological polar surface area (TPSA) is 102 Å². The number of aromatic amines is 1. The molecule has 1 unspecified atom stereocenters. The van der Waals surface area contributed by atoms with Gasteiger partial charge in [0.1, 0.15) is 0 Å². The Morgan fingerprint density at radius 3 is 2.76 bits per heavy atom. The molecule has 1 atom stereocenters. The van der Waals surface area contributed by atoms with Gasteiger partial charge in [-0.1, -0.05) is 33.1 Å². The molecule has 2 aromatic heterocycles. The third-order valence-corrected chi connectivity index (χ3v) is 3.25. The fraction of sp³-hybridized carbons (Fsp3) is 0.533. The summed E-state index contributed by atoms with van der Waals surface area (Å²) in [5, 5.41) is 0. The van der Waals surface area contributed by atoms with Crippen LogP contribution in [0, 0.1) is 5.92 Å². The van der Waals surface area contributed by atoms with Crippen molar-refractivity contribution in [3.63, 3.8) is 0 Å². The Bertz CT molecular complexity index is 567. The summed E-state index contributed by atoms with van der Waals surface area (Å²) in [5.41, 5.74) is 6.18. The molecule has 0 saturated heterocycles. The molecule has 0 aliphatic carbocycles. The predicted octanol–water partition coefficient (Wildman–Crippen LogP) is 2.59. The number of fused-ring (bicyclic) bond motifs is 1. The predicted molar refractivity (Wildman–Crippen MR) is 81.7 cm³/mol. The molecule has 2 heterocycles. The van der Waals surface area contributed by atoms with E-state index in [4.69, 9.17) is 10.2 Å². The maximum Gasteiger partial charge on any atom is 0.418 e. The van der Waals surface area contributed by atoms with E-state index in [9.17, 15) is 9.59 Å². The Balaban J connectivity index is 0.000000210. The second-order valence-corrected chi connectivity index (χ2v) is 4.87. The van der Waals surface area contributed by atoms with Crippen LogP contribution in [0.3, 0.4) is 0 Å². The van der Waals surface area contributed by atoms with E-state index in [1.165, 1.54) is 12.8 Å². The molecule has 0 aromatic carbocycles. The number of primary amides is 1. The zero-order valence-electron chi connectivity index (χ0n) is 12.6. The van der Waals surface area contributed by atoms with Crippen LogP contribution >= 0.6 is 0 Å². The molecule has 0 aliphatic rings. The lowest BCUT2D eigenvalue weighted by molar-refractivity contribution is -0.122. The van der Waals surface area contributed by atoms with Crippen molar-refractivity contribution >= 4 is 17.1 Å². The number of aromatic nitrogens is 2. The van der Waals surface area contributed by atoms with E-state index in [2.05, 4.69) is 16.9 Å². The molecule has 2 aromatic rings. The van der Waals surface area contributed by atoms with Crippen LogP contribution in [0.1, 0.15) is 46.0 Å². The van der Waals surface area contributed by atoms with Crippen molar-refractivity contribution in [2.75, 3.05) is 0 Å². The van der Waals surface area contributed by atoms with Crippen molar-refractivity contribution in [1.82, 2.24) is 9.97 Å². The number of nitrogens with one attached hydrogen (secondary N) is 1. The summed E-state index contributed by atoms with van der Waals surface area (Å²) in [5.74, 6) is -0.487. The minimum Gasteiger partial charge on any atom is -0.406 e. The van der Waals surface area contributed by atoms with Gasteiger partial charge >= 0.3 is 5.76 Å². The second kappa shape index (κ2) is 8.94. The minimum atomic E-state index is -0.464. The number of amides is 1. The molecule has 3 N–H and O–H groups in total. The van der Waals surface area contributed by atoms with Gasteiger partial charge in [-0.25, -0.2) is 9.78 Å². The molecular weight excluding hydrogens is 270 g/mol. The summed E-state index contributed by atoms with van der Waals surface area (Å²) < 4.78 is 4.69. The number of oxazole rings is 1. The van der Waals surface area contributed by atoms with Gasteiger partial charge in [-0.05, 0) is 25.0 Å². The van der Waals surface area contributed by atoms with E-state index in [1.54, 1.807) is 18.3 Å².